The zero-order chi connectivity index (χ0) is 49.4. The maximum Gasteiger partial charge on any atom is 0.262 e. The minimum Gasteiger partial charge on any atom is -0.487 e. The fourth-order valence-corrected chi connectivity index (χ4v) is 11.8. The molecule has 10 aromatic rings. The van der Waals surface area contributed by atoms with E-state index in [9.17, 15) is 0 Å². The molecule has 1 aliphatic carbocycles. The lowest BCUT2D eigenvalue weighted by Crippen LogP contribution is -2.61. The first-order valence-electron chi connectivity index (χ1n) is 25.5. The number of anilines is 8. The van der Waals surface area contributed by atoms with Gasteiger partial charge in [-0.25, -0.2) is 0 Å². The standard InChI is InChI=1S/C65H44B2N4O4/c1-7-21-43(22-8-1)69(44-23-9-2-10-24-44)49-35-36-53-57(37-49)73-59-39-51(71(47-29-15-5-16-30-47)48-31-17-6-18-32-48)41-61-63(59)67(53)55-42-54-64(68-65(55)75-61)74-60-40-50(38-58-62(60)66(54)52-33-19-20-34-56(52)72-58)70(45-25-11-3-12-26-45)46-27-13-4-14-28-46/h1-42,53,57H. The normalized spacial score (nSPS) is 15.6. The van der Waals surface area contributed by atoms with Gasteiger partial charge >= 0.3 is 0 Å². The summed E-state index contributed by atoms with van der Waals surface area (Å²) in [5, 5.41) is 0. The zero-order valence-corrected chi connectivity index (χ0v) is 40.5. The number of benzene rings is 9. The number of rotatable bonds is 9. The molecule has 10 heteroatoms. The molecule has 0 saturated heterocycles. The Morgan fingerprint density at radius 3 is 1.31 bits per heavy atom. The number of fused-ring (bicyclic) bond motifs is 8. The van der Waals surface area contributed by atoms with E-state index in [0.717, 1.165) is 95.8 Å². The van der Waals surface area contributed by atoms with Gasteiger partial charge < -0.3 is 33.6 Å². The smallest absolute Gasteiger partial charge is 0.262 e. The first-order valence-corrected chi connectivity index (χ1v) is 25.5. The van der Waals surface area contributed by atoms with Crippen molar-refractivity contribution < 1.29 is 18.9 Å². The molecule has 9 aromatic carbocycles. The molecule has 15 rings (SSSR count). The first kappa shape index (κ1) is 43.0. The number of aromatic nitrogens is 1. The van der Waals surface area contributed by atoms with E-state index in [-0.39, 0.29) is 25.3 Å². The Morgan fingerprint density at radius 2 is 0.787 bits per heavy atom. The van der Waals surface area contributed by atoms with Crippen LogP contribution in [0.3, 0.4) is 0 Å². The molecule has 0 spiro atoms. The predicted octanol–water partition coefficient (Wildman–Crippen LogP) is 12.9. The third-order valence-corrected chi connectivity index (χ3v) is 15.0. The van der Waals surface area contributed by atoms with Crippen LogP contribution in [-0.2, 0) is 0 Å². The van der Waals surface area contributed by atoms with Crippen molar-refractivity contribution in [1.29, 1.82) is 0 Å². The third kappa shape index (κ3) is 7.20. The molecule has 4 aliphatic heterocycles. The maximum absolute atomic E-state index is 7.35. The molecular weight excluding hydrogens is 922 g/mol. The van der Waals surface area contributed by atoms with Crippen LogP contribution in [0, 0.1) is 0 Å². The summed E-state index contributed by atoms with van der Waals surface area (Å²) in [6.07, 6.45) is 6.52. The minimum atomic E-state index is -0.354. The average Bonchev–Trinajstić information content (AvgIpc) is 3.47. The lowest BCUT2D eigenvalue weighted by Gasteiger charge is -2.42. The third-order valence-electron chi connectivity index (χ3n) is 15.0. The van der Waals surface area contributed by atoms with Gasteiger partial charge in [0.1, 0.15) is 34.9 Å². The second-order valence-electron chi connectivity index (χ2n) is 19.4. The number of allylic oxidation sites excluding steroid dienone is 1. The molecule has 1 aromatic heterocycles. The Hall–Kier alpha value is -9.66. The molecule has 0 N–H and O–H groups in total. The maximum atomic E-state index is 7.35. The molecule has 0 saturated carbocycles. The van der Waals surface area contributed by atoms with Gasteiger partial charge in [-0.2, -0.15) is 4.98 Å². The molecule has 5 aliphatic rings. The molecule has 75 heavy (non-hydrogen) atoms. The van der Waals surface area contributed by atoms with Crippen molar-refractivity contribution >= 4 is 86.2 Å². The highest BCUT2D eigenvalue weighted by atomic mass is 16.5. The minimum absolute atomic E-state index is 0.111. The van der Waals surface area contributed by atoms with Gasteiger partial charge in [0, 0.05) is 80.8 Å². The highest BCUT2D eigenvalue weighted by molar-refractivity contribution is 6.99. The number of hydrogen-bond donors (Lipinski definition) is 0. The molecule has 2 unspecified atom stereocenters. The Labute approximate surface area is 435 Å². The van der Waals surface area contributed by atoms with Crippen molar-refractivity contribution in [2.45, 2.75) is 11.9 Å². The first-order chi connectivity index (χ1) is 37.2. The van der Waals surface area contributed by atoms with Crippen LogP contribution in [-0.4, -0.2) is 24.5 Å². The predicted molar refractivity (Wildman–Crippen MR) is 303 cm³/mol. The van der Waals surface area contributed by atoms with Crippen molar-refractivity contribution in [3.63, 3.8) is 0 Å². The number of nitrogens with zero attached hydrogens (tertiary/aromatic N) is 4. The van der Waals surface area contributed by atoms with Crippen LogP contribution in [0.4, 0.5) is 45.5 Å². The Bertz CT molecular complexity index is 3770. The fourth-order valence-electron chi connectivity index (χ4n) is 11.8. The van der Waals surface area contributed by atoms with Gasteiger partial charge in [-0.15, -0.1) is 0 Å². The van der Waals surface area contributed by atoms with Crippen LogP contribution < -0.4 is 61.0 Å². The van der Waals surface area contributed by atoms with Gasteiger partial charge in [0.2, 0.25) is 18.5 Å². The SMILES string of the molecule is C1=CC2B3c4cc5c(nc4Oc4cc(N(c6ccccc6)c6ccccc6)cc(c43)OC2C=C1N(c1ccccc1)c1ccccc1)Oc1cc(N(c2ccccc2)c2ccccc2)cc2c1B5c1ccccc1O2. The summed E-state index contributed by atoms with van der Waals surface area (Å²) < 4.78 is 28.5. The van der Waals surface area contributed by atoms with Gasteiger partial charge in [-0.3, -0.25) is 0 Å². The van der Waals surface area contributed by atoms with E-state index in [2.05, 4.69) is 239 Å². The molecule has 0 bridgehead atoms. The van der Waals surface area contributed by atoms with Crippen molar-refractivity contribution in [2.24, 2.45) is 0 Å². The molecule has 0 radical (unpaired) electrons. The summed E-state index contributed by atoms with van der Waals surface area (Å²) in [7, 11) is 0. The van der Waals surface area contributed by atoms with E-state index in [1.54, 1.807) is 0 Å². The molecule has 0 amide bonds. The monoisotopic (exact) mass is 966 g/mol. The van der Waals surface area contributed by atoms with Gasteiger partial charge in [-0.05, 0) is 107 Å². The van der Waals surface area contributed by atoms with Crippen LogP contribution in [0.5, 0.6) is 40.5 Å². The second kappa shape index (κ2) is 17.5. The molecule has 5 heterocycles. The second-order valence-corrected chi connectivity index (χ2v) is 19.4. The van der Waals surface area contributed by atoms with Gasteiger partial charge in [0.15, 0.2) is 0 Å². The van der Waals surface area contributed by atoms with Gasteiger partial charge in [0.25, 0.3) is 6.71 Å². The number of ether oxygens (including phenoxy) is 4. The Morgan fingerprint density at radius 1 is 0.360 bits per heavy atom. The van der Waals surface area contributed by atoms with Crippen molar-refractivity contribution in [1.82, 2.24) is 4.98 Å². The lowest BCUT2D eigenvalue weighted by molar-refractivity contribution is 0.244. The zero-order valence-electron chi connectivity index (χ0n) is 40.5. The summed E-state index contributed by atoms with van der Waals surface area (Å²) in [5.41, 5.74) is 13.9. The van der Waals surface area contributed by atoms with E-state index < -0.39 is 0 Å². The highest BCUT2D eigenvalue weighted by Crippen LogP contribution is 2.48. The fraction of sp³-hybridized carbons (Fsp3) is 0.0308. The average molecular weight is 967 g/mol. The topological polar surface area (TPSA) is 59.5 Å². The Kier molecular flexibility index (Phi) is 10.0. The van der Waals surface area contributed by atoms with Crippen LogP contribution in [0.15, 0.2) is 261 Å². The van der Waals surface area contributed by atoms with Crippen LogP contribution in [0.1, 0.15) is 0 Å². The van der Waals surface area contributed by atoms with Crippen molar-refractivity contribution in [2.75, 3.05) is 14.7 Å². The van der Waals surface area contributed by atoms with E-state index in [4.69, 9.17) is 23.9 Å². The number of hydrogen-bond acceptors (Lipinski definition) is 8. The summed E-state index contributed by atoms with van der Waals surface area (Å²) in [4.78, 5) is 12.3. The van der Waals surface area contributed by atoms with E-state index >= 15 is 0 Å². The number of para-hydroxylation sites is 7. The molecule has 2 atom stereocenters. The van der Waals surface area contributed by atoms with E-state index in [1.807, 2.05) is 30.3 Å². The molecule has 354 valence electrons. The van der Waals surface area contributed by atoms with Crippen LogP contribution >= 0.6 is 0 Å². The summed E-state index contributed by atoms with van der Waals surface area (Å²) in [5.74, 6) is 4.58. The molecule has 8 nitrogen and oxygen atoms in total. The van der Waals surface area contributed by atoms with Crippen molar-refractivity contribution in [3.8, 4) is 40.5 Å². The van der Waals surface area contributed by atoms with E-state index in [0.29, 0.717) is 23.3 Å². The molecule has 0 fully saturated rings. The lowest BCUT2D eigenvalue weighted by atomic mass is 9.29. The van der Waals surface area contributed by atoms with Gasteiger partial charge in [-0.1, -0.05) is 140 Å². The highest BCUT2D eigenvalue weighted by Gasteiger charge is 2.50. The summed E-state index contributed by atoms with van der Waals surface area (Å²) in [6.45, 7) is -0.425. The van der Waals surface area contributed by atoms with Crippen molar-refractivity contribution in [3.05, 3.63) is 261 Å². The van der Waals surface area contributed by atoms with Gasteiger partial charge in [0.05, 0.1) is 11.4 Å². The molecular formula is C65H44B2N4O4. The van der Waals surface area contributed by atoms with Crippen LogP contribution in [0.25, 0.3) is 0 Å². The number of pyridine rings is 1. The Balaban J connectivity index is 0.912. The quantitative estimate of drug-likeness (QED) is 0.133. The summed E-state index contributed by atoms with van der Waals surface area (Å²) in [6, 6.07) is 81.9. The van der Waals surface area contributed by atoms with E-state index in [1.165, 1.54) is 0 Å². The van der Waals surface area contributed by atoms with Crippen LogP contribution in [0.2, 0.25) is 5.82 Å². The largest absolute Gasteiger partial charge is 0.487 e. The summed E-state index contributed by atoms with van der Waals surface area (Å²) >= 11 is 0.